The fourth-order valence-electron chi connectivity index (χ4n) is 10.8. The van der Waals surface area contributed by atoms with E-state index in [1.165, 1.54) is 38.0 Å². The summed E-state index contributed by atoms with van der Waals surface area (Å²) in [6.45, 7) is 0. The van der Waals surface area contributed by atoms with Gasteiger partial charge >= 0.3 is 0 Å². The van der Waals surface area contributed by atoms with E-state index in [2.05, 4.69) is 252 Å². The smallest absolute Gasteiger partial charge is 0.160 e. The molecule has 0 aliphatic rings. The number of nitrogens with zero attached hydrogens (tertiary/aromatic N) is 5. The summed E-state index contributed by atoms with van der Waals surface area (Å²) in [5.74, 6) is 0.668. The number of hydrogen-bond donors (Lipinski definition) is 0. The lowest BCUT2D eigenvalue weighted by atomic mass is 9.93. The molecule has 14 aromatic rings. The van der Waals surface area contributed by atoms with E-state index in [0.717, 1.165) is 89.2 Å². The first-order chi connectivity index (χ1) is 34.7. The van der Waals surface area contributed by atoms with Gasteiger partial charge in [-0.2, -0.15) is 0 Å². The van der Waals surface area contributed by atoms with E-state index >= 15 is 0 Å². The van der Waals surface area contributed by atoms with E-state index in [9.17, 15) is 0 Å². The van der Waals surface area contributed by atoms with Crippen LogP contribution < -0.4 is 0 Å². The number of aromatic nitrogens is 5. The van der Waals surface area contributed by atoms with Gasteiger partial charge in [0.2, 0.25) is 0 Å². The summed E-state index contributed by atoms with van der Waals surface area (Å²) in [6.07, 6.45) is 0. The third-order valence-electron chi connectivity index (χ3n) is 13.9. The molecule has 0 atom stereocenters. The molecule has 0 amide bonds. The molecule has 0 aliphatic heterocycles. The van der Waals surface area contributed by atoms with E-state index in [1.807, 2.05) is 6.07 Å². The largest absolute Gasteiger partial charge is 0.309 e. The molecule has 4 aromatic heterocycles. The van der Waals surface area contributed by atoms with E-state index in [-0.39, 0.29) is 0 Å². The van der Waals surface area contributed by atoms with Crippen molar-refractivity contribution >= 4 is 65.3 Å². The fraction of sp³-hybridized carbons (Fsp3) is 0. The highest BCUT2D eigenvalue weighted by Gasteiger charge is 2.21. The van der Waals surface area contributed by atoms with Crippen molar-refractivity contribution in [2.24, 2.45) is 0 Å². The van der Waals surface area contributed by atoms with Crippen LogP contribution in [-0.4, -0.2) is 24.1 Å². The Hall–Kier alpha value is -9.45. The zero-order chi connectivity index (χ0) is 46.1. The summed E-state index contributed by atoms with van der Waals surface area (Å²) in [5.41, 5.74) is 16.7. The highest BCUT2D eigenvalue weighted by atomic mass is 15.0. The standard InChI is InChI=1S/C65H41N5/c1-4-18-43(19-5-1)55-41-56(67-65(66-55)46-22-16-25-48(40-46)70-57-31-13-10-26-50(57)51-27-11-14-32-58(51)70)44-36-34-42(35-37-44)49-29-17-30-53-61-54(63(68-64(49)53)45-20-6-2-7-21-45)38-39-60-62(61)52-28-12-15-33-59(52)69(60)47-23-8-3-9-24-47/h1-41H. The predicted molar refractivity (Wildman–Crippen MR) is 291 cm³/mol. The lowest BCUT2D eigenvalue weighted by Crippen LogP contribution is -1.98. The Morgan fingerprint density at radius 2 is 0.771 bits per heavy atom. The second-order valence-corrected chi connectivity index (χ2v) is 17.9. The molecule has 0 fully saturated rings. The fourth-order valence-corrected chi connectivity index (χ4v) is 10.8. The van der Waals surface area contributed by atoms with Gasteiger partial charge in [-0.1, -0.05) is 194 Å². The first kappa shape index (κ1) is 39.7. The quantitative estimate of drug-likeness (QED) is 0.150. The molecule has 5 heteroatoms. The third-order valence-corrected chi connectivity index (χ3v) is 13.9. The van der Waals surface area contributed by atoms with Crippen molar-refractivity contribution in [2.45, 2.75) is 0 Å². The molecular formula is C65H41N5. The van der Waals surface area contributed by atoms with Gasteiger partial charge in [-0.3, -0.25) is 0 Å². The van der Waals surface area contributed by atoms with E-state index in [0.29, 0.717) is 5.82 Å². The molecule has 0 radical (unpaired) electrons. The first-order valence-electron chi connectivity index (χ1n) is 23.8. The monoisotopic (exact) mass is 891 g/mol. The van der Waals surface area contributed by atoms with Crippen LogP contribution in [-0.2, 0) is 0 Å². The molecule has 0 saturated heterocycles. The predicted octanol–water partition coefficient (Wildman–Crippen LogP) is 16.7. The Bertz CT molecular complexity index is 4270. The molecule has 0 unspecified atom stereocenters. The zero-order valence-electron chi connectivity index (χ0n) is 37.9. The van der Waals surface area contributed by atoms with E-state index < -0.39 is 0 Å². The van der Waals surface area contributed by atoms with E-state index in [4.69, 9.17) is 15.0 Å². The zero-order valence-corrected chi connectivity index (χ0v) is 37.9. The summed E-state index contributed by atoms with van der Waals surface area (Å²) in [7, 11) is 0. The van der Waals surface area contributed by atoms with Gasteiger partial charge in [-0.25, -0.2) is 15.0 Å². The van der Waals surface area contributed by atoms with Crippen LogP contribution in [0.3, 0.4) is 0 Å². The minimum atomic E-state index is 0.668. The average molecular weight is 892 g/mol. The number of benzene rings is 10. The molecular weight excluding hydrogens is 851 g/mol. The normalized spacial score (nSPS) is 11.7. The Balaban J connectivity index is 0.931. The van der Waals surface area contributed by atoms with Crippen molar-refractivity contribution in [1.29, 1.82) is 0 Å². The summed E-state index contributed by atoms with van der Waals surface area (Å²) < 4.78 is 4.74. The van der Waals surface area contributed by atoms with Gasteiger partial charge in [0.25, 0.3) is 0 Å². The number of fused-ring (bicyclic) bond motifs is 10. The first-order valence-corrected chi connectivity index (χ1v) is 23.8. The molecule has 0 bridgehead atoms. The van der Waals surface area contributed by atoms with Crippen LogP contribution in [0, 0.1) is 0 Å². The SMILES string of the molecule is c1ccc(-c2cc(-c3ccc(-c4cccc5c4nc(-c4ccccc4)c4ccc6c(c7ccccc7n6-c6ccccc6)c45)cc3)nc(-c3cccc(-n4c5ccccc5c5ccccc54)c3)n2)cc1. The minimum Gasteiger partial charge on any atom is -0.309 e. The van der Waals surface area contributed by atoms with Crippen molar-refractivity contribution in [1.82, 2.24) is 24.1 Å². The van der Waals surface area contributed by atoms with Crippen molar-refractivity contribution < 1.29 is 0 Å². The van der Waals surface area contributed by atoms with Crippen molar-refractivity contribution in [3.8, 4) is 67.7 Å². The summed E-state index contributed by atoms with van der Waals surface area (Å²) >= 11 is 0. The maximum atomic E-state index is 5.60. The molecule has 70 heavy (non-hydrogen) atoms. The molecule has 0 aliphatic carbocycles. The lowest BCUT2D eigenvalue weighted by molar-refractivity contribution is 1.16. The Kier molecular flexibility index (Phi) is 9.14. The average Bonchev–Trinajstić information content (AvgIpc) is 3.96. The van der Waals surface area contributed by atoms with Crippen LogP contribution in [0.1, 0.15) is 0 Å². The number of hydrogen-bond acceptors (Lipinski definition) is 3. The molecule has 0 N–H and O–H groups in total. The van der Waals surface area contributed by atoms with Gasteiger partial charge in [0.1, 0.15) is 0 Å². The van der Waals surface area contributed by atoms with Crippen molar-refractivity contribution in [3.63, 3.8) is 0 Å². The second kappa shape index (κ2) is 16.1. The van der Waals surface area contributed by atoms with Crippen LogP contribution in [0.25, 0.3) is 133 Å². The van der Waals surface area contributed by atoms with Crippen LogP contribution in [0.5, 0.6) is 0 Å². The lowest BCUT2D eigenvalue weighted by Gasteiger charge is -2.15. The Morgan fingerprint density at radius 1 is 0.271 bits per heavy atom. The van der Waals surface area contributed by atoms with Gasteiger partial charge < -0.3 is 9.13 Å². The molecule has 4 heterocycles. The van der Waals surface area contributed by atoms with Gasteiger partial charge in [0.05, 0.1) is 44.7 Å². The van der Waals surface area contributed by atoms with Crippen LogP contribution >= 0.6 is 0 Å². The number of para-hydroxylation sites is 5. The van der Waals surface area contributed by atoms with Gasteiger partial charge in [0, 0.05) is 76.9 Å². The topological polar surface area (TPSA) is 48.5 Å². The van der Waals surface area contributed by atoms with Crippen LogP contribution in [0.4, 0.5) is 0 Å². The maximum Gasteiger partial charge on any atom is 0.160 e. The highest BCUT2D eigenvalue weighted by molar-refractivity contribution is 6.30. The van der Waals surface area contributed by atoms with Crippen LogP contribution in [0.15, 0.2) is 249 Å². The molecule has 5 nitrogen and oxygen atoms in total. The number of rotatable bonds is 7. The molecule has 0 saturated carbocycles. The maximum absolute atomic E-state index is 5.60. The number of pyridine rings is 1. The summed E-state index contributed by atoms with van der Waals surface area (Å²) in [5, 5.41) is 8.34. The van der Waals surface area contributed by atoms with Crippen molar-refractivity contribution in [2.75, 3.05) is 0 Å². The third kappa shape index (κ3) is 6.36. The Morgan fingerprint density at radius 3 is 1.46 bits per heavy atom. The van der Waals surface area contributed by atoms with Crippen LogP contribution in [0.2, 0.25) is 0 Å². The molecule has 14 rings (SSSR count). The van der Waals surface area contributed by atoms with E-state index in [1.54, 1.807) is 0 Å². The molecule has 10 aromatic carbocycles. The van der Waals surface area contributed by atoms with Gasteiger partial charge in [-0.15, -0.1) is 0 Å². The highest BCUT2D eigenvalue weighted by Crippen LogP contribution is 2.44. The van der Waals surface area contributed by atoms with Gasteiger partial charge in [-0.05, 0) is 60.2 Å². The van der Waals surface area contributed by atoms with Gasteiger partial charge in [0.15, 0.2) is 5.82 Å². The minimum absolute atomic E-state index is 0.668. The molecule has 0 spiro atoms. The summed E-state index contributed by atoms with van der Waals surface area (Å²) in [4.78, 5) is 16.2. The summed E-state index contributed by atoms with van der Waals surface area (Å²) in [6, 6.07) is 88.4. The Labute approximate surface area is 403 Å². The molecule has 326 valence electrons. The van der Waals surface area contributed by atoms with Crippen molar-refractivity contribution in [3.05, 3.63) is 249 Å². The second-order valence-electron chi connectivity index (χ2n) is 17.9.